The molecule has 0 saturated heterocycles. The molecule has 3 rings (SSSR count). The fourth-order valence-electron chi connectivity index (χ4n) is 2.85. The highest BCUT2D eigenvalue weighted by molar-refractivity contribution is 9.10. The van der Waals surface area contributed by atoms with E-state index in [1.54, 1.807) is 21.3 Å². The summed E-state index contributed by atoms with van der Waals surface area (Å²) < 4.78 is 22.3. The zero-order valence-electron chi connectivity index (χ0n) is 16.9. The van der Waals surface area contributed by atoms with Crippen LogP contribution in [0.1, 0.15) is 17.7 Å². The van der Waals surface area contributed by atoms with Gasteiger partial charge in [0.25, 0.3) is 0 Å². The van der Waals surface area contributed by atoms with E-state index in [4.69, 9.17) is 18.9 Å². The van der Waals surface area contributed by atoms with Crippen molar-refractivity contribution in [3.05, 3.63) is 57.5 Å². The van der Waals surface area contributed by atoms with Crippen molar-refractivity contribution >= 4 is 33.2 Å². The summed E-state index contributed by atoms with van der Waals surface area (Å²) in [7, 11) is 4.80. The largest absolute Gasteiger partial charge is 0.496 e. The zero-order chi connectivity index (χ0) is 21.5. The lowest BCUT2D eigenvalue weighted by Gasteiger charge is -2.09. The number of nitrogens with zero attached hydrogens (tertiary/aromatic N) is 1. The Morgan fingerprint density at radius 1 is 1.00 bits per heavy atom. The lowest BCUT2D eigenvalue weighted by atomic mass is 10.1. The summed E-state index contributed by atoms with van der Waals surface area (Å²) in [5.74, 6) is 1.76. The summed E-state index contributed by atoms with van der Waals surface area (Å²) in [4.78, 5) is 16.7. The van der Waals surface area contributed by atoms with Gasteiger partial charge in [0, 0.05) is 16.3 Å². The number of aromatic nitrogens is 1. The smallest absolute Gasteiger partial charge is 0.306 e. The number of carbonyl (C=O) groups excluding carboxylic acids is 1. The van der Waals surface area contributed by atoms with Gasteiger partial charge in [0.05, 0.1) is 32.6 Å². The van der Waals surface area contributed by atoms with Crippen molar-refractivity contribution in [1.82, 2.24) is 4.98 Å². The molecule has 158 valence electrons. The fraction of sp³-hybridized carbons (Fsp3) is 0.273. The van der Waals surface area contributed by atoms with E-state index in [-0.39, 0.29) is 19.0 Å². The molecule has 0 atom stereocenters. The van der Waals surface area contributed by atoms with Gasteiger partial charge in [0.2, 0.25) is 0 Å². The monoisotopic (exact) mass is 491 g/mol. The standard InChI is InChI=1S/C22H22BrNO5S/c1-26-18-8-6-15(23)11-17(18)22-24-16(13-30-22)12-29-21(25)9-5-14-4-7-19(27-2)20(10-14)28-3/h4,6-8,10-11,13H,5,9,12H2,1-3H3. The average Bonchev–Trinajstić information content (AvgIpc) is 3.25. The molecule has 0 unspecified atom stereocenters. The van der Waals surface area contributed by atoms with Crippen LogP contribution in [0.5, 0.6) is 17.2 Å². The molecular formula is C22H22BrNO5S. The molecule has 8 heteroatoms. The molecule has 0 saturated carbocycles. The summed E-state index contributed by atoms with van der Waals surface area (Å²) >= 11 is 4.95. The maximum absolute atomic E-state index is 12.2. The van der Waals surface area contributed by atoms with E-state index in [0.29, 0.717) is 23.6 Å². The number of ether oxygens (including phenoxy) is 4. The Morgan fingerprint density at radius 2 is 1.73 bits per heavy atom. The van der Waals surface area contributed by atoms with Gasteiger partial charge in [-0.2, -0.15) is 0 Å². The van der Waals surface area contributed by atoms with E-state index in [0.717, 1.165) is 26.4 Å². The quantitative estimate of drug-likeness (QED) is 0.379. The van der Waals surface area contributed by atoms with Gasteiger partial charge in [-0.25, -0.2) is 4.98 Å². The Bertz CT molecular complexity index is 1020. The number of hydrogen-bond acceptors (Lipinski definition) is 7. The Hall–Kier alpha value is -2.58. The van der Waals surface area contributed by atoms with Crippen molar-refractivity contribution in [1.29, 1.82) is 0 Å². The summed E-state index contributed by atoms with van der Waals surface area (Å²) in [5.41, 5.74) is 2.57. The third-order valence-corrected chi connectivity index (χ3v) is 5.81. The van der Waals surface area contributed by atoms with Gasteiger partial charge in [-0.15, -0.1) is 11.3 Å². The third kappa shape index (κ3) is 5.52. The van der Waals surface area contributed by atoms with Gasteiger partial charge >= 0.3 is 5.97 Å². The van der Waals surface area contributed by atoms with Gasteiger partial charge in [-0.05, 0) is 42.3 Å². The molecule has 0 aliphatic rings. The molecule has 30 heavy (non-hydrogen) atoms. The second-order valence-electron chi connectivity index (χ2n) is 6.34. The van der Waals surface area contributed by atoms with E-state index in [1.165, 1.54) is 11.3 Å². The SMILES string of the molecule is COc1ccc(CCC(=O)OCc2csc(-c3cc(Br)ccc3OC)n2)cc1OC. The van der Waals surface area contributed by atoms with Crippen LogP contribution in [0.25, 0.3) is 10.6 Å². The number of methoxy groups -OCH3 is 3. The van der Waals surface area contributed by atoms with Crippen LogP contribution in [0, 0.1) is 0 Å². The highest BCUT2D eigenvalue weighted by atomic mass is 79.9. The molecule has 0 amide bonds. The number of carbonyl (C=O) groups is 1. The van der Waals surface area contributed by atoms with Crippen molar-refractivity contribution in [3.63, 3.8) is 0 Å². The number of benzene rings is 2. The van der Waals surface area contributed by atoms with Crippen LogP contribution in [0.15, 0.2) is 46.3 Å². The van der Waals surface area contributed by atoms with Crippen LogP contribution in [-0.4, -0.2) is 32.3 Å². The Balaban J connectivity index is 1.55. The molecule has 3 aromatic rings. The summed E-state index contributed by atoms with van der Waals surface area (Å²) in [6, 6.07) is 11.4. The minimum absolute atomic E-state index is 0.136. The number of halogens is 1. The first-order valence-electron chi connectivity index (χ1n) is 9.19. The van der Waals surface area contributed by atoms with Gasteiger partial charge in [0.1, 0.15) is 17.4 Å². The summed E-state index contributed by atoms with van der Waals surface area (Å²) in [5, 5.41) is 2.70. The Morgan fingerprint density at radius 3 is 2.47 bits per heavy atom. The van der Waals surface area contributed by atoms with Crippen LogP contribution in [0.3, 0.4) is 0 Å². The lowest BCUT2D eigenvalue weighted by molar-refractivity contribution is -0.145. The van der Waals surface area contributed by atoms with Gasteiger partial charge in [-0.3, -0.25) is 4.79 Å². The number of esters is 1. The number of rotatable bonds is 9. The van der Waals surface area contributed by atoms with Crippen LogP contribution in [-0.2, 0) is 22.6 Å². The highest BCUT2D eigenvalue weighted by Crippen LogP contribution is 2.34. The Kier molecular flexibility index (Phi) is 7.70. The predicted molar refractivity (Wildman–Crippen MR) is 119 cm³/mol. The molecule has 0 aliphatic carbocycles. The van der Waals surface area contributed by atoms with Crippen molar-refractivity contribution in [2.45, 2.75) is 19.4 Å². The molecule has 0 bridgehead atoms. The maximum Gasteiger partial charge on any atom is 0.306 e. The van der Waals surface area contributed by atoms with Gasteiger partial charge in [0.15, 0.2) is 11.5 Å². The van der Waals surface area contributed by atoms with Crippen molar-refractivity contribution in [2.75, 3.05) is 21.3 Å². The highest BCUT2D eigenvalue weighted by Gasteiger charge is 2.13. The van der Waals surface area contributed by atoms with Gasteiger partial charge < -0.3 is 18.9 Å². The van der Waals surface area contributed by atoms with Crippen molar-refractivity contribution in [3.8, 4) is 27.8 Å². The zero-order valence-corrected chi connectivity index (χ0v) is 19.3. The van der Waals surface area contributed by atoms with E-state index in [2.05, 4.69) is 20.9 Å². The topological polar surface area (TPSA) is 66.9 Å². The van der Waals surface area contributed by atoms with Crippen LogP contribution < -0.4 is 14.2 Å². The van der Waals surface area contributed by atoms with E-state index < -0.39 is 0 Å². The minimum atomic E-state index is -0.278. The fourth-order valence-corrected chi connectivity index (χ4v) is 4.04. The number of thiazole rings is 1. The number of hydrogen-bond donors (Lipinski definition) is 0. The molecule has 0 aliphatic heterocycles. The average molecular weight is 492 g/mol. The second kappa shape index (κ2) is 10.4. The normalized spacial score (nSPS) is 10.5. The molecule has 6 nitrogen and oxygen atoms in total. The lowest BCUT2D eigenvalue weighted by Crippen LogP contribution is -2.06. The molecule has 1 aromatic heterocycles. The summed E-state index contributed by atoms with van der Waals surface area (Å²) in [6.07, 6.45) is 0.822. The second-order valence-corrected chi connectivity index (χ2v) is 8.11. The molecule has 0 fully saturated rings. The maximum atomic E-state index is 12.2. The molecule has 0 N–H and O–H groups in total. The molecule has 1 heterocycles. The third-order valence-electron chi connectivity index (χ3n) is 4.39. The van der Waals surface area contributed by atoms with Crippen molar-refractivity contribution < 1.29 is 23.7 Å². The van der Waals surface area contributed by atoms with E-state index in [9.17, 15) is 4.79 Å². The molecule has 2 aromatic carbocycles. The van der Waals surface area contributed by atoms with Gasteiger partial charge in [-0.1, -0.05) is 22.0 Å². The van der Waals surface area contributed by atoms with Crippen molar-refractivity contribution in [2.24, 2.45) is 0 Å². The molecular weight excluding hydrogens is 470 g/mol. The predicted octanol–water partition coefficient (Wildman–Crippen LogP) is 5.27. The first-order valence-corrected chi connectivity index (χ1v) is 10.9. The van der Waals surface area contributed by atoms with Crippen LogP contribution >= 0.6 is 27.3 Å². The first-order chi connectivity index (χ1) is 14.5. The van der Waals surface area contributed by atoms with E-state index in [1.807, 2.05) is 41.8 Å². The molecule has 0 spiro atoms. The van der Waals surface area contributed by atoms with Crippen LogP contribution in [0.2, 0.25) is 0 Å². The Labute approximate surface area is 187 Å². The summed E-state index contributed by atoms with van der Waals surface area (Å²) in [6.45, 7) is 0.136. The molecule has 0 radical (unpaired) electrons. The van der Waals surface area contributed by atoms with Crippen LogP contribution in [0.4, 0.5) is 0 Å². The van der Waals surface area contributed by atoms with E-state index >= 15 is 0 Å². The number of aryl methyl sites for hydroxylation is 1. The minimum Gasteiger partial charge on any atom is -0.496 e. The first kappa shape index (κ1) is 22.1.